The highest BCUT2D eigenvalue weighted by atomic mass is 16.1. The summed E-state index contributed by atoms with van der Waals surface area (Å²) in [4.78, 5) is 12.2. The molecule has 0 atom stereocenters. The Hall–Kier alpha value is -1.31. The van der Waals surface area contributed by atoms with Crippen molar-refractivity contribution in [3.63, 3.8) is 0 Å². The van der Waals surface area contributed by atoms with Crippen LogP contribution >= 0.6 is 0 Å². The number of carbonyl (C=O) groups is 1. The van der Waals surface area contributed by atoms with Crippen LogP contribution in [-0.2, 0) is 0 Å². The summed E-state index contributed by atoms with van der Waals surface area (Å²) in [6.07, 6.45) is 10.7. The fourth-order valence-corrected chi connectivity index (χ4v) is 4.35. The molecule has 1 N–H and O–H groups in total. The first-order valence-electron chi connectivity index (χ1n) is 9.08. The Morgan fingerprint density at radius 1 is 0.864 bits per heavy atom. The van der Waals surface area contributed by atoms with Crippen molar-refractivity contribution >= 4 is 5.91 Å². The predicted octanol–water partition coefficient (Wildman–Crippen LogP) is 4.80. The highest BCUT2D eigenvalue weighted by Gasteiger charge is 2.30. The van der Waals surface area contributed by atoms with Gasteiger partial charge in [-0.05, 0) is 68.4 Å². The van der Waals surface area contributed by atoms with Crippen LogP contribution in [0.5, 0.6) is 0 Å². The quantitative estimate of drug-likeness (QED) is 0.853. The van der Waals surface area contributed by atoms with E-state index in [1.54, 1.807) is 0 Å². The van der Waals surface area contributed by atoms with Gasteiger partial charge in [-0.1, -0.05) is 38.0 Å². The molecule has 2 saturated carbocycles. The van der Waals surface area contributed by atoms with E-state index >= 15 is 0 Å². The molecule has 0 spiro atoms. The standard InChI is InChI=1S/C20H29NO/c1-15-7-9-16(10-8-15)17-11-13-19(14-12-17)21-20(22)18-5-3-2-4-6-18/h2-6,15-17,19H,7-14H2,1H3,(H,21,22). The molecular weight excluding hydrogens is 270 g/mol. The molecule has 0 aliphatic heterocycles. The lowest BCUT2D eigenvalue weighted by atomic mass is 9.70. The van der Waals surface area contributed by atoms with Crippen LogP contribution in [0.2, 0.25) is 0 Å². The lowest BCUT2D eigenvalue weighted by Crippen LogP contribution is -2.39. The summed E-state index contributed by atoms with van der Waals surface area (Å²) >= 11 is 0. The van der Waals surface area contributed by atoms with Gasteiger partial charge in [0.15, 0.2) is 0 Å². The summed E-state index contributed by atoms with van der Waals surface area (Å²) in [5.74, 6) is 2.91. The first-order valence-corrected chi connectivity index (χ1v) is 9.08. The number of amides is 1. The summed E-state index contributed by atoms with van der Waals surface area (Å²) in [7, 11) is 0. The molecule has 2 aliphatic carbocycles. The summed E-state index contributed by atoms with van der Waals surface area (Å²) in [5.41, 5.74) is 0.783. The average Bonchev–Trinajstić information content (AvgIpc) is 2.57. The molecule has 120 valence electrons. The van der Waals surface area contributed by atoms with Crippen molar-refractivity contribution < 1.29 is 4.79 Å². The fourth-order valence-electron chi connectivity index (χ4n) is 4.35. The molecule has 2 aliphatic rings. The Morgan fingerprint density at radius 2 is 1.41 bits per heavy atom. The predicted molar refractivity (Wildman–Crippen MR) is 90.8 cm³/mol. The molecule has 0 radical (unpaired) electrons. The molecular formula is C20H29NO. The molecule has 3 rings (SSSR count). The molecule has 0 unspecified atom stereocenters. The molecule has 22 heavy (non-hydrogen) atoms. The minimum Gasteiger partial charge on any atom is -0.349 e. The third kappa shape index (κ3) is 3.91. The van der Waals surface area contributed by atoms with Gasteiger partial charge in [0.2, 0.25) is 0 Å². The normalized spacial score (nSPS) is 32.4. The summed E-state index contributed by atoms with van der Waals surface area (Å²) in [5, 5.41) is 3.23. The van der Waals surface area contributed by atoms with E-state index in [1.165, 1.54) is 38.5 Å². The van der Waals surface area contributed by atoms with Crippen molar-refractivity contribution in [2.24, 2.45) is 17.8 Å². The van der Waals surface area contributed by atoms with Gasteiger partial charge in [-0.15, -0.1) is 0 Å². The van der Waals surface area contributed by atoms with E-state index in [2.05, 4.69) is 12.2 Å². The second kappa shape index (κ2) is 7.30. The van der Waals surface area contributed by atoms with Gasteiger partial charge in [-0.3, -0.25) is 4.79 Å². The highest BCUT2D eigenvalue weighted by Crippen LogP contribution is 2.39. The van der Waals surface area contributed by atoms with Crippen molar-refractivity contribution in [1.29, 1.82) is 0 Å². The molecule has 0 heterocycles. The van der Waals surface area contributed by atoms with Gasteiger partial charge in [0.25, 0.3) is 5.91 Å². The van der Waals surface area contributed by atoms with Crippen LogP contribution in [0.15, 0.2) is 30.3 Å². The van der Waals surface area contributed by atoms with E-state index in [0.29, 0.717) is 6.04 Å². The Bertz CT molecular complexity index is 468. The van der Waals surface area contributed by atoms with Crippen LogP contribution in [0.1, 0.15) is 68.6 Å². The number of nitrogens with one attached hydrogen (secondary N) is 1. The second-order valence-electron chi connectivity index (χ2n) is 7.47. The van der Waals surface area contributed by atoms with E-state index < -0.39 is 0 Å². The summed E-state index contributed by atoms with van der Waals surface area (Å²) < 4.78 is 0. The Morgan fingerprint density at radius 3 is 2.00 bits per heavy atom. The van der Waals surface area contributed by atoms with Crippen LogP contribution in [0.4, 0.5) is 0 Å². The zero-order valence-electron chi connectivity index (χ0n) is 13.8. The lowest BCUT2D eigenvalue weighted by Gasteiger charge is -2.37. The van der Waals surface area contributed by atoms with Crippen molar-refractivity contribution in [1.82, 2.24) is 5.32 Å². The zero-order valence-corrected chi connectivity index (χ0v) is 13.8. The SMILES string of the molecule is CC1CCC(C2CCC(NC(=O)c3ccccc3)CC2)CC1. The number of carbonyl (C=O) groups excluding carboxylic acids is 1. The Kier molecular flexibility index (Phi) is 5.17. The van der Waals surface area contributed by atoms with E-state index in [4.69, 9.17) is 0 Å². The monoisotopic (exact) mass is 299 g/mol. The number of hydrogen-bond acceptors (Lipinski definition) is 1. The van der Waals surface area contributed by atoms with Crippen LogP contribution < -0.4 is 5.32 Å². The van der Waals surface area contributed by atoms with E-state index in [1.807, 2.05) is 30.3 Å². The maximum Gasteiger partial charge on any atom is 0.251 e. The van der Waals surface area contributed by atoms with Gasteiger partial charge < -0.3 is 5.32 Å². The number of rotatable bonds is 3. The fraction of sp³-hybridized carbons (Fsp3) is 0.650. The van der Waals surface area contributed by atoms with Gasteiger partial charge in [-0.25, -0.2) is 0 Å². The molecule has 1 amide bonds. The summed E-state index contributed by atoms with van der Waals surface area (Å²) in [6, 6.07) is 9.97. The second-order valence-corrected chi connectivity index (χ2v) is 7.47. The van der Waals surface area contributed by atoms with Gasteiger partial charge >= 0.3 is 0 Å². The van der Waals surface area contributed by atoms with Crippen molar-refractivity contribution in [2.45, 2.75) is 64.3 Å². The molecule has 2 nitrogen and oxygen atoms in total. The summed E-state index contributed by atoms with van der Waals surface area (Å²) in [6.45, 7) is 2.40. The molecule has 1 aromatic carbocycles. The maximum atomic E-state index is 12.2. The number of hydrogen-bond donors (Lipinski definition) is 1. The minimum atomic E-state index is 0.0931. The van der Waals surface area contributed by atoms with Crippen LogP contribution in [0.25, 0.3) is 0 Å². The van der Waals surface area contributed by atoms with E-state index in [9.17, 15) is 4.79 Å². The minimum absolute atomic E-state index is 0.0931. The molecule has 0 saturated heterocycles. The van der Waals surface area contributed by atoms with Gasteiger partial charge in [0.05, 0.1) is 0 Å². The highest BCUT2D eigenvalue weighted by molar-refractivity contribution is 5.94. The van der Waals surface area contributed by atoms with Crippen molar-refractivity contribution in [3.8, 4) is 0 Å². The molecule has 2 fully saturated rings. The molecule has 0 bridgehead atoms. The lowest BCUT2D eigenvalue weighted by molar-refractivity contribution is 0.0907. The van der Waals surface area contributed by atoms with Gasteiger partial charge in [0, 0.05) is 11.6 Å². The van der Waals surface area contributed by atoms with Crippen molar-refractivity contribution in [2.75, 3.05) is 0 Å². The van der Waals surface area contributed by atoms with Gasteiger partial charge in [-0.2, -0.15) is 0 Å². The topological polar surface area (TPSA) is 29.1 Å². The third-order valence-corrected chi connectivity index (χ3v) is 5.87. The number of benzene rings is 1. The largest absolute Gasteiger partial charge is 0.349 e. The van der Waals surface area contributed by atoms with E-state index in [0.717, 1.165) is 36.2 Å². The first kappa shape index (κ1) is 15.6. The average molecular weight is 299 g/mol. The van der Waals surface area contributed by atoms with Crippen molar-refractivity contribution in [3.05, 3.63) is 35.9 Å². The maximum absolute atomic E-state index is 12.2. The Labute approximate surface area is 134 Å². The third-order valence-electron chi connectivity index (χ3n) is 5.87. The first-order chi connectivity index (χ1) is 10.7. The molecule has 1 aromatic rings. The molecule has 2 heteroatoms. The zero-order chi connectivity index (χ0) is 15.4. The van der Waals surface area contributed by atoms with Crippen LogP contribution in [-0.4, -0.2) is 11.9 Å². The van der Waals surface area contributed by atoms with Crippen LogP contribution in [0, 0.1) is 17.8 Å². The smallest absolute Gasteiger partial charge is 0.251 e. The van der Waals surface area contributed by atoms with Gasteiger partial charge in [0.1, 0.15) is 0 Å². The van der Waals surface area contributed by atoms with Crippen LogP contribution in [0.3, 0.4) is 0 Å². The van der Waals surface area contributed by atoms with E-state index in [-0.39, 0.29) is 5.91 Å². The molecule has 0 aromatic heterocycles. The Balaban J connectivity index is 1.45.